The van der Waals surface area contributed by atoms with E-state index >= 15 is 0 Å². The molecule has 5 aromatic rings. The average Bonchev–Trinajstić information content (AvgIpc) is 3.74. The molecule has 5 heteroatoms. The first kappa shape index (κ1) is 20.4. The molecule has 2 aromatic carbocycles. The number of hydrogen-bond donors (Lipinski definition) is 2. The van der Waals surface area contributed by atoms with Gasteiger partial charge < -0.3 is 9.97 Å². The summed E-state index contributed by atoms with van der Waals surface area (Å²) in [5, 5.41) is 4.04. The van der Waals surface area contributed by atoms with Crippen LogP contribution < -0.4 is 15.6 Å². The maximum Gasteiger partial charge on any atom is 0.161 e. The number of aromatic nitrogens is 4. The summed E-state index contributed by atoms with van der Waals surface area (Å²) in [7, 11) is -1.32. The molecule has 1 radical (unpaired) electrons. The maximum absolute atomic E-state index is 5.14. The van der Waals surface area contributed by atoms with Gasteiger partial charge in [-0.25, -0.2) is 9.97 Å². The van der Waals surface area contributed by atoms with E-state index in [1.54, 1.807) is 0 Å². The van der Waals surface area contributed by atoms with E-state index in [0.29, 0.717) is 0 Å². The Morgan fingerprint density at radius 3 is 1.46 bits per heavy atom. The molecular formula is C32H21N4Si. The first-order chi connectivity index (χ1) is 18.3. The Balaban J connectivity index is 1.48. The first-order valence-electron chi connectivity index (χ1n) is 12.4. The molecular weight excluding hydrogens is 468 g/mol. The van der Waals surface area contributed by atoms with Crippen LogP contribution in [0.5, 0.6) is 0 Å². The molecule has 4 nitrogen and oxygen atoms in total. The fourth-order valence-electron chi connectivity index (χ4n) is 5.55. The molecule has 0 atom stereocenters. The summed E-state index contributed by atoms with van der Waals surface area (Å²) in [6.45, 7) is 0. The maximum atomic E-state index is 5.14. The summed E-state index contributed by atoms with van der Waals surface area (Å²) in [6.07, 6.45) is 8.54. The lowest BCUT2D eigenvalue weighted by atomic mass is 10.1. The lowest BCUT2D eigenvalue weighted by molar-refractivity contribution is 1.30. The summed E-state index contributed by atoms with van der Waals surface area (Å²) in [4.78, 5) is 17.3. The molecule has 2 N–H and O–H groups in total. The number of nitrogens with one attached hydrogen (secondary N) is 2. The third-order valence-electron chi connectivity index (χ3n) is 7.15. The number of aromatic amines is 2. The molecule has 3 aliphatic rings. The number of H-pyrrole nitrogens is 2. The van der Waals surface area contributed by atoms with Crippen molar-refractivity contribution in [2.45, 2.75) is 0 Å². The van der Waals surface area contributed by atoms with Gasteiger partial charge in [0.15, 0.2) is 8.80 Å². The number of rotatable bonds is 1. The van der Waals surface area contributed by atoms with Crippen molar-refractivity contribution in [1.82, 2.24) is 19.9 Å². The molecule has 3 aliphatic heterocycles. The van der Waals surface area contributed by atoms with E-state index in [4.69, 9.17) is 9.97 Å². The number of fused-ring (bicyclic) bond motifs is 11. The highest BCUT2D eigenvalue weighted by Crippen LogP contribution is 2.25. The van der Waals surface area contributed by atoms with Crippen LogP contribution in [-0.2, 0) is 0 Å². The molecule has 8 bridgehead atoms. The van der Waals surface area contributed by atoms with Gasteiger partial charge in [0, 0.05) is 22.1 Å². The zero-order valence-corrected chi connectivity index (χ0v) is 20.9. The van der Waals surface area contributed by atoms with Gasteiger partial charge in [-0.05, 0) is 93.5 Å². The van der Waals surface area contributed by atoms with Crippen molar-refractivity contribution in [1.29, 1.82) is 0 Å². The predicted molar refractivity (Wildman–Crippen MR) is 155 cm³/mol. The van der Waals surface area contributed by atoms with Gasteiger partial charge in [0.05, 0.1) is 22.8 Å². The van der Waals surface area contributed by atoms with Gasteiger partial charge >= 0.3 is 0 Å². The fraction of sp³-hybridized carbons (Fsp3) is 0. The summed E-state index contributed by atoms with van der Waals surface area (Å²) in [5.41, 5.74) is 10.7. The van der Waals surface area contributed by atoms with E-state index in [-0.39, 0.29) is 0 Å². The third-order valence-corrected chi connectivity index (χ3v) is 10.1. The Kier molecular flexibility index (Phi) is 4.36. The topological polar surface area (TPSA) is 57.4 Å². The molecule has 0 aliphatic carbocycles. The van der Waals surface area contributed by atoms with Crippen LogP contribution in [0.1, 0.15) is 22.8 Å². The Morgan fingerprint density at radius 2 is 0.946 bits per heavy atom. The molecule has 0 saturated carbocycles. The largest absolute Gasteiger partial charge is 0.355 e. The molecule has 3 aromatic heterocycles. The van der Waals surface area contributed by atoms with E-state index in [1.807, 2.05) is 0 Å². The zero-order chi connectivity index (χ0) is 24.3. The minimum absolute atomic E-state index is 0.940. The molecule has 6 heterocycles. The first-order valence-corrected chi connectivity index (χ1v) is 13.9. The zero-order valence-electron chi connectivity index (χ0n) is 19.9. The van der Waals surface area contributed by atoms with Gasteiger partial charge in [-0.2, -0.15) is 0 Å². The van der Waals surface area contributed by atoms with E-state index < -0.39 is 8.80 Å². The van der Waals surface area contributed by atoms with Crippen LogP contribution in [0, 0.1) is 0 Å². The summed E-state index contributed by atoms with van der Waals surface area (Å²) in [5.74, 6) is 0. The van der Waals surface area contributed by atoms with Gasteiger partial charge in [0.25, 0.3) is 0 Å². The van der Waals surface area contributed by atoms with Crippen LogP contribution in [0.25, 0.3) is 57.5 Å². The van der Waals surface area contributed by atoms with E-state index in [0.717, 1.165) is 44.8 Å². The van der Waals surface area contributed by atoms with E-state index in [9.17, 15) is 0 Å². The van der Waals surface area contributed by atoms with E-state index in [1.165, 1.54) is 26.7 Å². The van der Waals surface area contributed by atoms with Crippen LogP contribution in [0.2, 0.25) is 0 Å². The molecule has 8 rings (SSSR count). The second-order valence-electron chi connectivity index (χ2n) is 9.52. The monoisotopic (exact) mass is 489 g/mol. The Bertz CT molecular complexity index is 1820. The fourth-order valence-corrected chi connectivity index (χ4v) is 8.67. The van der Waals surface area contributed by atoms with Crippen LogP contribution in [0.15, 0.2) is 91.0 Å². The van der Waals surface area contributed by atoms with Crippen LogP contribution >= 0.6 is 0 Å². The molecule has 0 unspecified atom stereocenters. The molecule has 0 fully saturated rings. The van der Waals surface area contributed by atoms with Gasteiger partial charge in [0.2, 0.25) is 0 Å². The van der Waals surface area contributed by atoms with Gasteiger partial charge in [-0.3, -0.25) is 0 Å². The lowest BCUT2D eigenvalue weighted by Gasteiger charge is -2.14. The van der Waals surface area contributed by atoms with Crippen LogP contribution in [0.4, 0.5) is 0 Å². The Labute approximate surface area is 215 Å². The molecule has 0 spiro atoms. The molecule has 37 heavy (non-hydrogen) atoms. The smallest absolute Gasteiger partial charge is 0.161 e. The highest BCUT2D eigenvalue weighted by Gasteiger charge is 2.35. The van der Waals surface area contributed by atoms with Crippen molar-refractivity contribution in [3.05, 3.63) is 114 Å². The van der Waals surface area contributed by atoms with E-state index in [2.05, 4.69) is 125 Å². The molecule has 0 saturated heterocycles. The minimum atomic E-state index is -1.32. The molecule has 0 amide bonds. The van der Waals surface area contributed by atoms with Gasteiger partial charge in [-0.1, -0.05) is 48.5 Å². The second kappa shape index (κ2) is 7.88. The van der Waals surface area contributed by atoms with Crippen LogP contribution in [0.3, 0.4) is 0 Å². The second-order valence-corrected chi connectivity index (χ2v) is 11.9. The number of benzene rings is 2. The third kappa shape index (κ3) is 3.36. The van der Waals surface area contributed by atoms with Crippen LogP contribution in [-0.4, -0.2) is 28.7 Å². The predicted octanol–water partition coefficient (Wildman–Crippen LogP) is 5.15. The minimum Gasteiger partial charge on any atom is -0.355 e. The van der Waals surface area contributed by atoms with Crippen molar-refractivity contribution in [3.63, 3.8) is 0 Å². The Hall–Kier alpha value is -4.74. The number of hydrogen-bond acceptors (Lipinski definition) is 2. The summed E-state index contributed by atoms with van der Waals surface area (Å²) >= 11 is 0. The quantitative estimate of drug-likeness (QED) is 0.313. The standard InChI is InChI=1S/C32H21N4Si/c1-3-7-30-26(5-1)27-6-2-4-8-31(27)37(30)32-28-15-13-24(35-28)18-22-11-9-20(33-22)17-21-10-12-23(34-21)19-25-14-16-29(32)36-25/h1-19,33-34H. The highest BCUT2D eigenvalue weighted by molar-refractivity contribution is 6.99. The highest BCUT2D eigenvalue weighted by atomic mass is 28.3. The Morgan fingerprint density at radius 1 is 0.486 bits per heavy atom. The van der Waals surface area contributed by atoms with Crippen molar-refractivity contribution in [2.24, 2.45) is 0 Å². The summed E-state index contributed by atoms with van der Waals surface area (Å²) in [6, 6.07) is 32.4. The lowest BCUT2D eigenvalue weighted by Crippen LogP contribution is -2.51. The number of nitrogens with zero attached hydrogens (tertiary/aromatic N) is 2. The average molecular weight is 490 g/mol. The van der Waals surface area contributed by atoms with Gasteiger partial charge in [-0.15, -0.1) is 0 Å². The van der Waals surface area contributed by atoms with Crippen molar-refractivity contribution in [3.8, 4) is 11.1 Å². The molecule has 173 valence electrons. The summed E-state index contributed by atoms with van der Waals surface area (Å²) < 4.78 is 0. The van der Waals surface area contributed by atoms with Crippen molar-refractivity contribution >= 4 is 70.7 Å². The normalized spacial score (nSPS) is 13.6. The van der Waals surface area contributed by atoms with Crippen molar-refractivity contribution < 1.29 is 0 Å². The van der Waals surface area contributed by atoms with Crippen molar-refractivity contribution in [2.75, 3.05) is 0 Å². The SMILES string of the molecule is C1=Cc2nc1cc1ccc(cc3ccc(cc4nc(c2[Si]2c5ccccc5-c5ccccc52)C=C4)[nH]3)[nH]1. The van der Waals surface area contributed by atoms with Gasteiger partial charge in [0.1, 0.15) is 0 Å².